The average Bonchev–Trinajstić information content (AvgIpc) is 2.59. The highest BCUT2D eigenvalue weighted by molar-refractivity contribution is 6.09. The van der Waals surface area contributed by atoms with E-state index in [2.05, 4.69) is 5.32 Å². The standard InChI is InChI=1S/C19H18N2O2/c1-2-12-23-18-11-7-6-8-15(18)13-16(14-20)19(22)21-17-9-4-3-5-10-17/h3-11,13H,2,12H2,1H3,(H,21,22)/b16-13+. The van der Waals surface area contributed by atoms with Crippen molar-refractivity contribution in [1.82, 2.24) is 0 Å². The van der Waals surface area contributed by atoms with Gasteiger partial charge >= 0.3 is 0 Å². The zero-order chi connectivity index (χ0) is 16.5. The molecule has 0 radical (unpaired) electrons. The Morgan fingerprint density at radius 1 is 1.17 bits per heavy atom. The maximum absolute atomic E-state index is 12.2. The van der Waals surface area contributed by atoms with Crippen molar-refractivity contribution in [3.05, 3.63) is 65.7 Å². The highest BCUT2D eigenvalue weighted by Crippen LogP contribution is 2.21. The lowest BCUT2D eigenvalue weighted by Crippen LogP contribution is -2.13. The monoisotopic (exact) mass is 306 g/mol. The number of benzene rings is 2. The van der Waals surface area contributed by atoms with Crippen LogP contribution < -0.4 is 10.1 Å². The van der Waals surface area contributed by atoms with Crippen LogP contribution in [-0.2, 0) is 4.79 Å². The minimum atomic E-state index is -0.441. The Bertz CT molecular complexity index is 731. The first kappa shape index (κ1) is 16.3. The third-order valence-corrected chi connectivity index (χ3v) is 3.08. The minimum absolute atomic E-state index is 0.0291. The molecule has 0 aromatic heterocycles. The number of ether oxygens (including phenoxy) is 1. The predicted molar refractivity (Wildman–Crippen MR) is 90.9 cm³/mol. The molecule has 116 valence electrons. The highest BCUT2D eigenvalue weighted by atomic mass is 16.5. The summed E-state index contributed by atoms with van der Waals surface area (Å²) >= 11 is 0. The molecule has 0 aliphatic carbocycles. The van der Waals surface area contributed by atoms with Crippen LogP contribution in [0.15, 0.2) is 60.2 Å². The second-order valence-electron chi connectivity index (χ2n) is 4.88. The van der Waals surface area contributed by atoms with Gasteiger partial charge in [0.2, 0.25) is 0 Å². The van der Waals surface area contributed by atoms with Gasteiger partial charge in [-0.05, 0) is 30.7 Å². The summed E-state index contributed by atoms with van der Waals surface area (Å²) in [5.74, 6) is 0.221. The van der Waals surface area contributed by atoms with Crippen LogP contribution in [0.3, 0.4) is 0 Å². The van der Waals surface area contributed by atoms with Crippen LogP contribution in [-0.4, -0.2) is 12.5 Å². The number of hydrogen-bond acceptors (Lipinski definition) is 3. The summed E-state index contributed by atoms with van der Waals surface area (Å²) in [5.41, 5.74) is 1.39. The van der Waals surface area contributed by atoms with E-state index in [1.165, 1.54) is 0 Å². The van der Waals surface area contributed by atoms with Gasteiger partial charge in [-0.15, -0.1) is 0 Å². The summed E-state index contributed by atoms with van der Waals surface area (Å²) in [6.45, 7) is 2.61. The molecule has 0 bridgehead atoms. The largest absolute Gasteiger partial charge is 0.493 e. The van der Waals surface area contributed by atoms with Crippen molar-refractivity contribution in [2.45, 2.75) is 13.3 Å². The van der Waals surface area contributed by atoms with Crippen molar-refractivity contribution in [1.29, 1.82) is 5.26 Å². The van der Waals surface area contributed by atoms with Crippen LogP contribution >= 0.6 is 0 Å². The zero-order valence-electron chi connectivity index (χ0n) is 13.0. The van der Waals surface area contributed by atoms with Crippen LogP contribution in [0.4, 0.5) is 5.69 Å². The fourth-order valence-electron chi connectivity index (χ4n) is 1.97. The van der Waals surface area contributed by atoms with E-state index >= 15 is 0 Å². The van der Waals surface area contributed by atoms with Gasteiger partial charge in [0.15, 0.2) is 0 Å². The van der Waals surface area contributed by atoms with E-state index in [0.717, 1.165) is 6.42 Å². The fraction of sp³-hybridized carbons (Fsp3) is 0.158. The maximum atomic E-state index is 12.2. The van der Waals surface area contributed by atoms with Gasteiger partial charge in [-0.3, -0.25) is 4.79 Å². The number of nitrogens with one attached hydrogen (secondary N) is 1. The first-order valence-corrected chi connectivity index (χ1v) is 7.44. The molecule has 0 saturated carbocycles. The van der Waals surface area contributed by atoms with Crippen LogP contribution in [0.2, 0.25) is 0 Å². The smallest absolute Gasteiger partial charge is 0.266 e. The Morgan fingerprint density at radius 2 is 1.87 bits per heavy atom. The molecule has 0 aliphatic heterocycles. The lowest BCUT2D eigenvalue weighted by Gasteiger charge is -2.08. The van der Waals surface area contributed by atoms with Crippen LogP contribution in [0.25, 0.3) is 6.08 Å². The molecule has 0 fully saturated rings. The van der Waals surface area contributed by atoms with Gasteiger partial charge in [-0.25, -0.2) is 0 Å². The van der Waals surface area contributed by atoms with E-state index in [0.29, 0.717) is 23.6 Å². The number of nitrogens with zero attached hydrogens (tertiary/aromatic N) is 1. The number of carbonyl (C=O) groups is 1. The van der Waals surface area contributed by atoms with E-state index in [1.54, 1.807) is 18.2 Å². The highest BCUT2D eigenvalue weighted by Gasteiger charge is 2.11. The molecule has 1 N–H and O–H groups in total. The molecule has 4 nitrogen and oxygen atoms in total. The summed E-state index contributed by atoms with van der Waals surface area (Å²) in [5, 5.41) is 12.0. The SMILES string of the molecule is CCCOc1ccccc1/C=C(\C#N)C(=O)Nc1ccccc1. The lowest BCUT2D eigenvalue weighted by molar-refractivity contribution is -0.112. The third-order valence-electron chi connectivity index (χ3n) is 3.08. The average molecular weight is 306 g/mol. The Morgan fingerprint density at radius 3 is 2.57 bits per heavy atom. The predicted octanol–water partition coefficient (Wildman–Crippen LogP) is 4.02. The third kappa shape index (κ3) is 4.72. The quantitative estimate of drug-likeness (QED) is 0.647. The molecule has 0 atom stereocenters. The maximum Gasteiger partial charge on any atom is 0.266 e. The van der Waals surface area contributed by atoms with Gasteiger partial charge in [0, 0.05) is 11.3 Å². The molecule has 0 saturated heterocycles. The summed E-state index contributed by atoms with van der Waals surface area (Å²) < 4.78 is 5.64. The first-order chi connectivity index (χ1) is 11.2. The summed E-state index contributed by atoms with van der Waals surface area (Å²) in [4.78, 5) is 12.2. The van der Waals surface area contributed by atoms with Crippen molar-refractivity contribution in [3.63, 3.8) is 0 Å². The number of hydrogen-bond donors (Lipinski definition) is 1. The number of rotatable bonds is 6. The lowest BCUT2D eigenvalue weighted by atomic mass is 10.1. The Hall–Kier alpha value is -3.06. The van der Waals surface area contributed by atoms with Crippen molar-refractivity contribution in [2.24, 2.45) is 0 Å². The minimum Gasteiger partial charge on any atom is -0.493 e. The van der Waals surface area contributed by atoms with Crippen molar-refractivity contribution >= 4 is 17.7 Å². The van der Waals surface area contributed by atoms with Crippen LogP contribution in [0.5, 0.6) is 5.75 Å². The van der Waals surface area contributed by atoms with Crippen molar-refractivity contribution in [2.75, 3.05) is 11.9 Å². The summed E-state index contributed by atoms with van der Waals surface area (Å²) in [6, 6.07) is 18.3. The molecule has 4 heteroatoms. The topological polar surface area (TPSA) is 62.1 Å². The number of carbonyl (C=O) groups excluding carboxylic acids is 1. The Kier molecular flexibility index (Phi) is 5.96. The number of para-hydroxylation sites is 2. The van der Waals surface area contributed by atoms with E-state index in [9.17, 15) is 10.1 Å². The summed E-state index contributed by atoms with van der Waals surface area (Å²) in [7, 11) is 0. The van der Waals surface area contributed by atoms with Gasteiger partial charge in [0.1, 0.15) is 17.4 Å². The van der Waals surface area contributed by atoms with Crippen LogP contribution in [0.1, 0.15) is 18.9 Å². The normalized spacial score (nSPS) is 10.7. The molecule has 0 heterocycles. The second kappa shape index (κ2) is 8.40. The van der Waals surface area contributed by atoms with E-state index < -0.39 is 5.91 Å². The van der Waals surface area contributed by atoms with Gasteiger partial charge in [-0.2, -0.15) is 5.26 Å². The number of nitriles is 1. The molecule has 2 aromatic carbocycles. The van der Waals surface area contributed by atoms with E-state index in [-0.39, 0.29) is 5.57 Å². The van der Waals surface area contributed by atoms with Crippen molar-refractivity contribution in [3.8, 4) is 11.8 Å². The van der Waals surface area contributed by atoms with Gasteiger partial charge in [-0.1, -0.05) is 43.3 Å². The van der Waals surface area contributed by atoms with Gasteiger partial charge < -0.3 is 10.1 Å². The molecule has 23 heavy (non-hydrogen) atoms. The molecule has 1 amide bonds. The Balaban J connectivity index is 2.22. The first-order valence-electron chi connectivity index (χ1n) is 7.44. The molecular weight excluding hydrogens is 288 g/mol. The van der Waals surface area contributed by atoms with Crippen molar-refractivity contribution < 1.29 is 9.53 Å². The zero-order valence-corrected chi connectivity index (χ0v) is 13.0. The van der Waals surface area contributed by atoms with E-state index in [4.69, 9.17) is 4.74 Å². The number of amides is 1. The molecule has 2 rings (SSSR count). The summed E-state index contributed by atoms with van der Waals surface area (Å²) in [6.07, 6.45) is 2.43. The second-order valence-corrected chi connectivity index (χ2v) is 4.88. The molecule has 2 aromatic rings. The Labute approximate surface area is 136 Å². The molecular formula is C19H18N2O2. The van der Waals surface area contributed by atoms with Gasteiger partial charge in [0.05, 0.1) is 6.61 Å². The molecule has 0 aliphatic rings. The molecule has 0 unspecified atom stereocenters. The number of anilines is 1. The fourth-order valence-corrected chi connectivity index (χ4v) is 1.97. The van der Waals surface area contributed by atoms with E-state index in [1.807, 2.05) is 55.5 Å². The van der Waals surface area contributed by atoms with Gasteiger partial charge in [0.25, 0.3) is 5.91 Å². The van der Waals surface area contributed by atoms with Crippen LogP contribution in [0, 0.1) is 11.3 Å². The molecule has 0 spiro atoms.